The molecule has 0 bridgehead atoms. The lowest BCUT2D eigenvalue weighted by Gasteiger charge is -2.27. The van der Waals surface area contributed by atoms with Gasteiger partial charge in [0.1, 0.15) is 11.6 Å². The maximum Gasteiger partial charge on any atom is 0.126 e. The molecule has 2 N–H and O–H groups in total. The largest absolute Gasteiger partial charge is 0.493 e. The molecule has 0 saturated heterocycles. The highest BCUT2D eigenvalue weighted by Crippen LogP contribution is 2.28. The second-order valence-electron chi connectivity index (χ2n) is 3.89. The lowest BCUT2D eigenvalue weighted by molar-refractivity contribution is 0.203. The zero-order valence-corrected chi connectivity index (χ0v) is 8.16. The van der Waals surface area contributed by atoms with Crippen LogP contribution in [0.3, 0.4) is 0 Å². The van der Waals surface area contributed by atoms with Crippen molar-refractivity contribution in [3.05, 3.63) is 29.6 Å². The fraction of sp³-hybridized carbons (Fsp3) is 0.455. The van der Waals surface area contributed by atoms with Crippen LogP contribution in [-0.2, 0) is 6.42 Å². The van der Waals surface area contributed by atoms with Crippen LogP contribution in [0.2, 0.25) is 0 Å². The number of hydrogen-bond donors (Lipinski definition) is 1. The molecule has 2 rings (SSSR count). The van der Waals surface area contributed by atoms with E-state index in [1.165, 1.54) is 12.1 Å². The summed E-state index contributed by atoms with van der Waals surface area (Å²) >= 11 is 0. The molecular weight excluding hydrogens is 181 g/mol. The summed E-state index contributed by atoms with van der Waals surface area (Å²) in [5.41, 5.74) is 6.86. The van der Waals surface area contributed by atoms with Crippen molar-refractivity contribution >= 4 is 0 Å². The Kier molecular flexibility index (Phi) is 2.42. The van der Waals surface area contributed by atoms with Gasteiger partial charge in [0.2, 0.25) is 0 Å². The van der Waals surface area contributed by atoms with Crippen LogP contribution in [0.5, 0.6) is 5.75 Å². The van der Waals surface area contributed by atoms with Crippen LogP contribution in [0.15, 0.2) is 18.2 Å². The molecule has 0 aliphatic carbocycles. The number of rotatable bonds is 1. The molecule has 0 fully saturated rings. The van der Waals surface area contributed by atoms with Gasteiger partial charge in [-0.2, -0.15) is 0 Å². The lowest BCUT2D eigenvalue weighted by Crippen LogP contribution is -2.35. The third-order valence-corrected chi connectivity index (χ3v) is 2.71. The Balaban J connectivity index is 2.23. The van der Waals surface area contributed by atoms with E-state index >= 15 is 0 Å². The summed E-state index contributed by atoms with van der Waals surface area (Å²) in [7, 11) is 0. The van der Waals surface area contributed by atoms with Gasteiger partial charge in [-0.25, -0.2) is 4.39 Å². The minimum atomic E-state index is -0.247. The second kappa shape index (κ2) is 3.58. The van der Waals surface area contributed by atoms with Gasteiger partial charge in [0.05, 0.1) is 6.61 Å². The summed E-state index contributed by atoms with van der Waals surface area (Å²) in [5, 5.41) is 0. The Morgan fingerprint density at radius 2 is 2.36 bits per heavy atom. The molecule has 1 aromatic carbocycles. The molecule has 1 heterocycles. The normalized spacial score (nSPS) is 22.4. The molecule has 0 radical (unpaired) electrons. The number of ether oxygens (including phenoxy) is 1. The van der Waals surface area contributed by atoms with Gasteiger partial charge in [0.25, 0.3) is 0 Å². The summed E-state index contributed by atoms with van der Waals surface area (Å²) in [6.45, 7) is 2.57. The standard InChI is InChI=1S/C11H14FNO/c1-7(13)9-4-8-2-3-10(12)5-11(8)14-6-9/h2-3,5,7,9H,4,6,13H2,1H3/t7-,9?/m1/s1. The van der Waals surface area contributed by atoms with E-state index in [2.05, 4.69) is 0 Å². The summed E-state index contributed by atoms with van der Waals surface area (Å²) in [6, 6.07) is 4.80. The molecule has 14 heavy (non-hydrogen) atoms. The first-order valence-corrected chi connectivity index (χ1v) is 4.83. The molecule has 0 aromatic heterocycles. The fourth-order valence-electron chi connectivity index (χ4n) is 1.71. The molecule has 2 nitrogen and oxygen atoms in total. The van der Waals surface area contributed by atoms with Crippen molar-refractivity contribution < 1.29 is 9.13 Å². The lowest BCUT2D eigenvalue weighted by atomic mass is 9.92. The zero-order chi connectivity index (χ0) is 10.1. The van der Waals surface area contributed by atoms with Gasteiger partial charge in [-0.05, 0) is 25.0 Å². The van der Waals surface area contributed by atoms with Crippen molar-refractivity contribution in [1.29, 1.82) is 0 Å². The zero-order valence-electron chi connectivity index (χ0n) is 8.16. The molecule has 0 spiro atoms. The molecule has 2 atom stereocenters. The van der Waals surface area contributed by atoms with Gasteiger partial charge in [-0.1, -0.05) is 6.07 Å². The van der Waals surface area contributed by atoms with Gasteiger partial charge in [-0.15, -0.1) is 0 Å². The van der Waals surface area contributed by atoms with Crippen LogP contribution in [0.1, 0.15) is 12.5 Å². The minimum absolute atomic E-state index is 0.119. The highest BCUT2D eigenvalue weighted by Gasteiger charge is 2.22. The van der Waals surface area contributed by atoms with Crippen molar-refractivity contribution in [3.63, 3.8) is 0 Å². The first-order chi connectivity index (χ1) is 6.66. The van der Waals surface area contributed by atoms with Crippen molar-refractivity contribution in [3.8, 4) is 5.75 Å². The van der Waals surface area contributed by atoms with Gasteiger partial charge in [0.15, 0.2) is 0 Å². The number of fused-ring (bicyclic) bond motifs is 1. The molecule has 1 unspecified atom stereocenters. The Hall–Kier alpha value is -1.09. The fourth-order valence-corrected chi connectivity index (χ4v) is 1.71. The summed E-state index contributed by atoms with van der Waals surface area (Å²) in [6.07, 6.45) is 0.882. The SMILES string of the molecule is C[C@@H](N)C1COc2cc(F)ccc2C1. The first-order valence-electron chi connectivity index (χ1n) is 4.83. The van der Waals surface area contributed by atoms with E-state index in [4.69, 9.17) is 10.5 Å². The molecule has 76 valence electrons. The second-order valence-corrected chi connectivity index (χ2v) is 3.89. The van der Waals surface area contributed by atoms with Gasteiger partial charge in [0, 0.05) is 18.0 Å². The predicted octanol–water partition coefficient (Wildman–Crippen LogP) is 1.72. The van der Waals surface area contributed by atoms with E-state index in [0.29, 0.717) is 18.3 Å². The molecular formula is C11H14FNO. The number of hydrogen-bond acceptors (Lipinski definition) is 2. The number of benzene rings is 1. The van der Waals surface area contributed by atoms with Crippen LogP contribution < -0.4 is 10.5 Å². The maximum atomic E-state index is 12.8. The monoisotopic (exact) mass is 195 g/mol. The third kappa shape index (κ3) is 1.73. The molecule has 1 aliphatic heterocycles. The molecule has 1 aliphatic rings. The van der Waals surface area contributed by atoms with Crippen LogP contribution in [0.4, 0.5) is 4.39 Å². The minimum Gasteiger partial charge on any atom is -0.493 e. The Morgan fingerprint density at radius 3 is 3.07 bits per heavy atom. The Morgan fingerprint density at radius 1 is 1.57 bits per heavy atom. The van der Waals surface area contributed by atoms with Crippen molar-refractivity contribution in [2.75, 3.05) is 6.61 Å². The number of nitrogens with two attached hydrogens (primary N) is 1. The average Bonchev–Trinajstić information content (AvgIpc) is 2.16. The van der Waals surface area contributed by atoms with Crippen molar-refractivity contribution in [2.45, 2.75) is 19.4 Å². The summed E-state index contributed by atoms with van der Waals surface area (Å²) in [4.78, 5) is 0. The van der Waals surface area contributed by atoms with Crippen LogP contribution in [0.25, 0.3) is 0 Å². The molecule has 0 amide bonds. The molecule has 3 heteroatoms. The number of halogens is 1. The molecule has 1 aromatic rings. The van der Waals surface area contributed by atoms with E-state index < -0.39 is 0 Å². The van der Waals surface area contributed by atoms with E-state index in [1.54, 1.807) is 6.07 Å². The van der Waals surface area contributed by atoms with E-state index in [1.807, 2.05) is 6.92 Å². The highest BCUT2D eigenvalue weighted by molar-refractivity contribution is 5.36. The van der Waals surface area contributed by atoms with E-state index in [0.717, 1.165) is 12.0 Å². The Bertz CT molecular complexity index is 338. The van der Waals surface area contributed by atoms with E-state index in [9.17, 15) is 4.39 Å². The average molecular weight is 195 g/mol. The summed E-state index contributed by atoms with van der Waals surface area (Å²) < 4.78 is 18.3. The smallest absolute Gasteiger partial charge is 0.126 e. The van der Waals surface area contributed by atoms with Gasteiger partial charge >= 0.3 is 0 Å². The van der Waals surface area contributed by atoms with Gasteiger partial charge < -0.3 is 10.5 Å². The summed E-state index contributed by atoms with van der Waals surface area (Å²) in [5.74, 6) is 0.762. The van der Waals surface area contributed by atoms with Crippen molar-refractivity contribution in [2.24, 2.45) is 11.7 Å². The maximum absolute atomic E-state index is 12.8. The predicted molar refractivity (Wildman–Crippen MR) is 52.7 cm³/mol. The highest BCUT2D eigenvalue weighted by atomic mass is 19.1. The topological polar surface area (TPSA) is 35.2 Å². The first kappa shape index (κ1) is 9.46. The molecule has 0 saturated carbocycles. The van der Waals surface area contributed by atoms with Crippen molar-refractivity contribution in [1.82, 2.24) is 0 Å². The third-order valence-electron chi connectivity index (χ3n) is 2.71. The van der Waals surface area contributed by atoms with Crippen LogP contribution in [-0.4, -0.2) is 12.6 Å². The van der Waals surface area contributed by atoms with Gasteiger partial charge in [-0.3, -0.25) is 0 Å². The van der Waals surface area contributed by atoms with E-state index in [-0.39, 0.29) is 11.9 Å². The van der Waals surface area contributed by atoms with Crippen LogP contribution in [0, 0.1) is 11.7 Å². The quantitative estimate of drug-likeness (QED) is 0.740. The Labute approximate surface area is 82.9 Å². The van der Waals surface area contributed by atoms with Crippen LogP contribution >= 0.6 is 0 Å².